The Morgan fingerprint density at radius 2 is 1.41 bits per heavy atom. The fraction of sp³-hybridized carbons (Fsp3) is 0.0455. The number of carboxylic acids is 1. The zero-order valence-corrected chi connectivity index (χ0v) is 17.6. The second-order valence-corrected chi connectivity index (χ2v) is 7.49. The number of rotatable bonds is 5. The Bertz CT molecular complexity index is 1110. The van der Waals surface area contributed by atoms with Crippen LogP contribution in [0.5, 0.6) is 0 Å². The molecule has 0 aromatic heterocycles. The molecule has 0 spiro atoms. The van der Waals surface area contributed by atoms with Crippen molar-refractivity contribution in [2.24, 2.45) is 0 Å². The van der Waals surface area contributed by atoms with Gasteiger partial charge in [-0.05, 0) is 77.5 Å². The first-order valence-corrected chi connectivity index (χ1v) is 9.75. The van der Waals surface area contributed by atoms with E-state index in [-0.39, 0.29) is 17.2 Å². The average molecular weight is 500 g/mol. The van der Waals surface area contributed by atoms with Crippen molar-refractivity contribution in [3.8, 4) is 0 Å². The summed E-state index contributed by atoms with van der Waals surface area (Å²) in [6, 6.07) is 18.3. The largest absolute Gasteiger partial charge is 0.478 e. The number of anilines is 2. The van der Waals surface area contributed by atoms with Gasteiger partial charge in [-0.3, -0.25) is 9.59 Å². The van der Waals surface area contributed by atoms with Gasteiger partial charge >= 0.3 is 5.97 Å². The van der Waals surface area contributed by atoms with Crippen LogP contribution >= 0.6 is 22.6 Å². The number of halogens is 1. The minimum Gasteiger partial charge on any atom is -0.478 e. The Morgan fingerprint density at radius 1 is 0.793 bits per heavy atom. The Kier molecular flexibility index (Phi) is 6.28. The van der Waals surface area contributed by atoms with Crippen molar-refractivity contribution in [3.05, 3.63) is 92.6 Å². The average Bonchev–Trinajstić information content (AvgIpc) is 2.69. The van der Waals surface area contributed by atoms with Crippen molar-refractivity contribution >= 4 is 51.7 Å². The molecular weight excluding hydrogens is 483 g/mol. The van der Waals surface area contributed by atoms with E-state index in [0.717, 1.165) is 3.57 Å². The maximum atomic E-state index is 12.7. The van der Waals surface area contributed by atoms with E-state index in [4.69, 9.17) is 0 Å². The third kappa shape index (κ3) is 4.80. The van der Waals surface area contributed by atoms with Gasteiger partial charge in [0.15, 0.2) is 0 Å². The van der Waals surface area contributed by atoms with Crippen LogP contribution in [0.1, 0.15) is 36.6 Å². The Balaban J connectivity index is 1.84. The first kappa shape index (κ1) is 20.5. The van der Waals surface area contributed by atoms with Gasteiger partial charge in [-0.15, -0.1) is 0 Å². The lowest BCUT2D eigenvalue weighted by Gasteiger charge is -2.14. The molecule has 7 heteroatoms. The van der Waals surface area contributed by atoms with E-state index in [1.807, 2.05) is 6.07 Å². The number of hydrogen-bond acceptors (Lipinski definition) is 3. The van der Waals surface area contributed by atoms with Crippen LogP contribution in [0, 0.1) is 10.5 Å². The molecule has 0 unspecified atom stereocenters. The fourth-order valence-electron chi connectivity index (χ4n) is 2.81. The van der Waals surface area contributed by atoms with E-state index in [9.17, 15) is 19.5 Å². The lowest BCUT2D eigenvalue weighted by Crippen LogP contribution is -2.18. The number of aromatic carboxylic acids is 1. The molecule has 0 fully saturated rings. The van der Waals surface area contributed by atoms with Crippen molar-refractivity contribution in [2.75, 3.05) is 10.6 Å². The second-order valence-electron chi connectivity index (χ2n) is 6.25. The van der Waals surface area contributed by atoms with Gasteiger partial charge in [0.25, 0.3) is 11.8 Å². The lowest BCUT2D eigenvalue weighted by atomic mass is 10.0. The molecule has 0 bridgehead atoms. The van der Waals surface area contributed by atoms with Crippen LogP contribution in [0.3, 0.4) is 0 Å². The maximum Gasteiger partial charge on any atom is 0.337 e. The monoisotopic (exact) mass is 500 g/mol. The highest BCUT2D eigenvalue weighted by Gasteiger charge is 2.17. The van der Waals surface area contributed by atoms with Gasteiger partial charge in [-0.25, -0.2) is 4.79 Å². The van der Waals surface area contributed by atoms with E-state index in [1.165, 1.54) is 12.1 Å². The second kappa shape index (κ2) is 8.87. The summed E-state index contributed by atoms with van der Waals surface area (Å²) in [6.45, 7) is 1.72. The van der Waals surface area contributed by atoms with Crippen molar-refractivity contribution in [2.45, 2.75) is 6.92 Å². The molecule has 3 aromatic rings. The normalized spacial score (nSPS) is 10.3. The number of carboxylic acid groups (broad SMARTS) is 1. The standard InChI is InChI=1S/C22H17IN2O4/c1-13-16(21(27)25-19-10-3-2-8-17(19)22(28)29)9-5-11-18(13)24-20(26)14-6-4-7-15(23)12-14/h2-12H,1H3,(H,24,26)(H,25,27)(H,28,29). The molecule has 0 aliphatic carbocycles. The van der Waals surface area contributed by atoms with Crippen LogP contribution in [-0.4, -0.2) is 22.9 Å². The van der Waals surface area contributed by atoms with Gasteiger partial charge in [0, 0.05) is 20.4 Å². The SMILES string of the molecule is Cc1c(NC(=O)c2cccc(I)c2)cccc1C(=O)Nc1ccccc1C(=O)O. The van der Waals surface area contributed by atoms with Gasteiger partial charge in [-0.1, -0.05) is 24.3 Å². The summed E-state index contributed by atoms with van der Waals surface area (Å²) < 4.78 is 0.942. The van der Waals surface area contributed by atoms with E-state index in [0.29, 0.717) is 22.4 Å². The Morgan fingerprint density at radius 3 is 2.14 bits per heavy atom. The minimum atomic E-state index is -1.13. The number of carbonyl (C=O) groups excluding carboxylic acids is 2. The molecule has 0 radical (unpaired) electrons. The molecule has 0 atom stereocenters. The molecule has 6 nitrogen and oxygen atoms in total. The number of carbonyl (C=O) groups is 3. The quantitative estimate of drug-likeness (QED) is 0.439. The summed E-state index contributed by atoms with van der Waals surface area (Å²) in [5.74, 6) is -1.86. The third-order valence-electron chi connectivity index (χ3n) is 4.32. The summed E-state index contributed by atoms with van der Waals surface area (Å²) >= 11 is 2.13. The van der Waals surface area contributed by atoms with Crippen LogP contribution in [0.25, 0.3) is 0 Å². The topological polar surface area (TPSA) is 95.5 Å². The van der Waals surface area contributed by atoms with Crippen molar-refractivity contribution in [3.63, 3.8) is 0 Å². The first-order chi connectivity index (χ1) is 13.9. The zero-order valence-electron chi connectivity index (χ0n) is 15.4. The lowest BCUT2D eigenvalue weighted by molar-refractivity contribution is 0.0697. The van der Waals surface area contributed by atoms with E-state index in [1.54, 1.807) is 55.5 Å². The zero-order chi connectivity index (χ0) is 21.0. The van der Waals surface area contributed by atoms with Crippen LogP contribution in [0.15, 0.2) is 66.7 Å². The molecule has 0 saturated heterocycles. The minimum absolute atomic E-state index is 0.00152. The molecule has 0 saturated carbocycles. The van der Waals surface area contributed by atoms with Crippen LogP contribution in [0.4, 0.5) is 11.4 Å². The summed E-state index contributed by atoms with van der Waals surface area (Å²) in [4.78, 5) is 36.6. The van der Waals surface area contributed by atoms with Gasteiger partial charge in [0.05, 0.1) is 11.3 Å². The van der Waals surface area contributed by atoms with Crippen LogP contribution in [0.2, 0.25) is 0 Å². The maximum absolute atomic E-state index is 12.7. The molecule has 0 aliphatic rings. The number of hydrogen-bond donors (Lipinski definition) is 3. The number of amides is 2. The van der Waals surface area contributed by atoms with Crippen molar-refractivity contribution in [1.29, 1.82) is 0 Å². The molecule has 0 heterocycles. The molecule has 3 N–H and O–H groups in total. The highest BCUT2D eigenvalue weighted by atomic mass is 127. The highest BCUT2D eigenvalue weighted by Crippen LogP contribution is 2.22. The van der Waals surface area contributed by atoms with Gasteiger partial charge in [-0.2, -0.15) is 0 Å². The summed E-state index contributed by atoms with van der Waals surface area (Å²) in [7, 11) is 0. The highest BCUT2D eigenvalue weighted by molar-refractivity contribution is 14.1. The van der Waals surface area contributed by atoms with Gasteiger partial charge in [0.1, 0.15) is 0 Å². The van der Waals surface area contributed by atoms with Crippen molar-refractivity contribution < 1.29 is 19.5 Å². The molecule has 29 heavy (non-hydrogen) atoms. The summed E-state index contributed by atoms with van der Waals surface area (Å²) in [5.41, 5.74) is 2.15. The predicted octanol–water partition coefficient (Wildman–Crippen LogP) is 4.80. The summed E-state index contributed by atoms with van der Waals surface area (Å²) in [6.07, 6.45) is 0. The molecule has 146 valence electrons. The van der Waals surface area contributed by atoms with E-state index < -0.39 is 11.9 Å². The number of nitrogens with one attached hydrogen (secondary N) is 2. The predicted molar refractivity (Wildman–Crippen MR) is 120 cm³/mol. The van der Waals surface area contributed by atoms with Crippen LogP contribution < -0.4 is 10.6 Å². The smallest absolute Gasteiger partial charge is 0.337 e. The first-order valence-electron chi connectivity index (χ1n) is 8.67. The fourth-order valence-corrected chi connectivity index (χ4v) is 3.35. The molecule has 2 amide bonds. The third-order valence-corrected chi connectivity index (χ3v) is 4.99. The Labute approximate surface area is 181 Å². The van der Waals surface area contributed by atoms with E-state index >= 15 is 0 Å². The van der Waals surface area contributed by atoms with Crippen LogP contribution in [-0.2, 0) is 0 Å². The van der Waals surface area contributed by atoms with Gasteiger partial charge in [0.2, 0.25) is 0 Å². The number of para-hydroxylation sites is 1. The Hall–Kier alpha value is -3.20. The molecule has 3 rings (SSSR count). The number of benzene rings is 3. The van der Waals surface area contributed by atoms with Gasteiger partial charge < -0.3 is 15.7 Å². The van der Waals surface area contributed by atoms with Crippen molar-refractivity contribution in [1.82, 2.24) is 0 Å². The summed E-state index contributed by atoms with van der Waals surface area (Å²) in [5, 5.41) is 14.7. The van der Waals surface area contributed by atoms with E-state index in [2.05, 4.69) is 33.2 Å². The molecular formula is C22H17IN2O4. The molecule has 0 aliphatic heterocycles. The molecule has 3 aromatic carbocycles.